The Labute approximate surface area is 393 Å². The van der Waals surface area contributed by atoms with Crippen LogP contribution >= 0.6 is 0 Å². The minimum absolute atomic E-state index is 0.0305. The van der Waals surface area contributed by atoms with E-state index in [1.165, 1.54) is 13.2 Å². The molecule has 1 amide bonds. The lowest BCUT2D eigenvalue weighted by molar-refractivity contribution is -0.130. The number of benzene rings is 5. The predicted octanol–water partition coefficient (Wildman–Crippen LogP) is 4.05. The van der Waals surface area contributed by atoms with E-state index in [-0.39, 0.29) is 28.6 Å². The van der Waals surface area contributed by atoms with Crippen LogP contribution in [0.15, 0.2) is 128 Å². The van der Waals surface area contributed by atoms with Gasteiger partial charge in [-0.1, -0.05) is 0 Å². The number of ether oxygens (including phenoxy) is 3. The third kappa shape index (κ3) is 11.3. The van der Waals surface area contributed by atoms with Gasteiger partial charge in [0.1, 0.15) is 73.6 Å². The van der Waals surface area contributed by atoms with Gasteiger partial charge in [-0.15, -0.1) is 20.5 Å². The molecule has 29 nitrogen and oxygen atoms in total. The maximum absolute atomic E-state index is 13.4. The number of anilines is 1. The Hall–Kier alpha value is -7.47. The summed E-state index contributed by atoms with van der Waals surface area (Å²) in [5.74, 6) is -4.85. The Morgan fingerprint density at radius 2 is 1.21 bits per heavy atom. The summed E-state index contributed by atoms with van der Waals surface area (Å²) < 4.78 is 154. The zero-order valence-electron chi connectivity index (χ0n) is 34.9. The first-order chi connectivity index (χ1) is 32.8. The van der Waals surface area contributed by atoms with Gasteiger partial charge in [-0.25, -0.2) is 4.79 Å². The van der Waals surface area contributed by atoms with Crippen LogP contribution in [0.2, 0.25) is 0 Å². The molecule has 0 saturated heterocycles. The fourth-order valence-electron chi connectivity index (χ4n) is 6.16. The molecule has 1 unspecified atom stereocenters. The van der Waals surface area contributed by atoms with Crippen LogP contribution in [0.4, 0.5) is 34.1 Å². The maximum Gasteiger partial charge on any atom is 0.355 e. The number of hydrazone groups is 1. The second-order valence-corrected chi connectivity index (χ2v) is 19.3. The summed E-state index contributed by atoms with van der Waals surface area (Å²) >= 11 is 0. The van der Waals surface area contributed by atoms with E-state index in [0.29, 0.717) is 11.1 Å². The Bertz CT molecular complexity index is 3530. The summed E-state index contributed by atoms with van der Waals surface area (Å²) in [6.07, 6.45) is 0. The highest BCUT2D eigenvalue weighted by molar-refractivity contribution is 7.87. The molecule has 33 heteroatoms. The van der Waals surface area contributed by atoms with E-state index in [1.807, 2.05) is 0 Å². The molecule has 6 rings (SSSR count). The van der Waals surface area contributed by atoms with E-state index in [1.54, 1.807) is 0 Å². The molecule has 0 saturated carbocycles. The van der Waals surface area contributed by atoms with Gasteiger partial charge in [0.15, 0.2) is 11.5 Å². The molecular formula is C37H32N8O21S4. The molecule has 1 aliphatic rings. The molecule has 0 bridgehead atoms. The Morgan fingerprint density at radius 1 is 0.657 bits per heavy atom. The molecule has 70 heavy (non-hydrogen) atoms. The molecule has 0 radical (unpaired) electrons. The molecule has 8 N–H and O–H groups in total. The van der Waals surface area contributed by atoms with Crippen molar-refractivity contribution in [1.29, 1.82) is 0 Å². The van der Waals surface area contributed by atoms with Crippen LogP contribution < -0.4 is 19.2 Å². The zero-order valence-corrected chi connectivity index (χ0v) is 38.2. The summed E-state index contributed by atoms with van der Waals surface area (Å²) in [6, 6.07) is 9.11. The zero-order chi connectivity index (χ0) is 51.5. The summed E-state index contributed by atoms with van der Waals surface area (Å²) in [5, 5.41) is 65.7. The molecule has 0 aromatic heterocycles. The number of methoxy groups -OCH3 is 1. The van der Waals surface area contributed by atoms with Crippen molar-refractivity contribution in [2.75, 3.05) is 38.5 Å². The fourth-order valence-corrected chi connectivity index (χ4v) is 8.74. The predicted molar refractivity (Wildman–Crippen MR) is 235 cm³/mol. The first-order valence-corrected chi connectivity index (χ1v) is 24.6. The van der Waals surface area contributed by atoms with Crippen LogP contribution in [0.3, 0.4) is 0 Å². The smallest absolute Gasteiger partial charge is 0.355 e. The molecule has 5 aromatic carbocycles. The number of amides is 1. The number of carboxylic acid groups (broad SMARTS) is 1. The average Bonchev–Trinajstić information content (AvgIpc) is 3.62. The van der Waals surface area contributed by atoms with Crippen molar-refractivity contribution in [3.05, 3.63) is 72.8 Å². The lowest BCUT2D eigenvalue weighted by Gasteiger charge is -2.14. The molecule has 0 aliphatic carbocycles. The van der Waals surface area contributed by atoms with Crippen LogP contribution in [0.5, 0.6) is 23.0 Å². The van der Waals surface area contributed by atoms with E-state index in [0.717, 1.165) is 60.7 Å². The van der Waals surface area contributed by atoms with E-state index < -0.39 is 149 Å². The van der Waals surface area contributed by atoms with E-state index in [2.05, 4.69) is 35.8 Å². The minimum Gasteiger partial charge on any atom is -0.505 e. The van der Waals surface area contributed by atoms with Crippen LogP contribution in [-0.4, -0.2) is 129 Å². The van der Waals surface area contributed by atoms with E-state index >= 15 is 0 Å². The highest BCUT2D eigenvalue weighted by atomic mass is 32.2. The lowest BCUT2D eigenvalue weighted by atomic mass is 10.1. The Balaban J connectivity index is 1.46. The van der Waals surface area contributed by atoms with Crippen molar-refractivity contribution in [1.82, 2.24) is 0 Å². The van der Waals surface area contributed by atoms with Crippen molar-refractivity contribution in [3.8, 4) is 23.0 Å². The van der Waals surface area contributed by atoms with Crippen LogP contribution in [0.1, 0.15) is 0 Å². The number of aliphatic hydroxyl groups is 2. The second kappa shape index (κ2) is 20.2. The lowest BCUT2D eigenvalue weighted by Crippen LogP contribution is -2.33. The van der Waals surface area contributed by atoms with Crippen LogP contribution in [0, 0.1) is 0 Å². The third-order valence-electron chi connectivity index (χ3n) is 9.19. The van der Waals surface area contributed by atoms with Crippen LogP contribution in [0.25, 0.3) is 10.8 Å². The summed E-state index contributed by atoms with van der Waals surface area (Å²) in [7, 11) is -19.5. The monoisotopic (exact) mass is 1050 g/mol. The van der Waals surface area contributed by atoms with Crippen molar-refractivity contribution in [2.24, 2.45) is 35.8 Å². The van der Waals surface area contributed by atoms with Gasteiger partial charge in [0.2, 0.25) is 6.04 Å². The average molecular weight is 1050 g/mol. The topological polar surface area (TPSA) is 450 Å². The Morgan fingerprint density at radius 3 is 1.73 bits per heavy atom. The largest absolute Gasteiger partial charge is 0.505 e. The van der Waals surface area contributed by atoms with E-state index in [4.69, 9.17) is 14.2 Å². The molecule has 1 heterocycles. The number of phenols is 1. The number of fused-ring (bicyclic) bond motifs is 1. The summed E-state index contributed by atoms with van der Waals surface area (Å²) in [5.41, 5.74) is -4.21. The van der Waals surface area contributed by atoms with Gasteiger partial charge < -0.3 is 34.6 Å². The third-order valence-corrected chi connectivity index (χ3v) is 12.8. The number of nitrogens with zero attached hydrogens (tertiary/aromatic N) is 8. The molecule has 370 valence electrons. The van der Waals surface area contributed by atoms with E-state index in [9.17, 15) is 81.9 Å². The maximum atomic E-state index is 13.4. The normalized spacial score (nSPS) is 14.8. The highest BCUT2D eigenvalue weighted by Gasteiger charge is 2.41. The molecule has 1 aliphatic heterocycles. The molecule has 5 aromatic rings. The van der Waals surface area contributed by atoms with Gasteiger partial charge in [-0.2, -0.15) is 54.0 Å². The van der Waals surface area contributed by atoms with Crippen LogP contribution in [-0.2, 0) is 50.1 Å². The number of carbonyl (C=O) groups excluding carboxylic acids is 1. The minimum atomic E-state index is -5.57. The van der Waals surface area contributed by atoms with Crippen molar-refractivity contribution in [2.45, 2.75) is 25.6 Å². The molecule has 0 fully saturated rings. The van der Waals surface area contributed by atoms with Crippen molar-refractivity contribution >= 4 is 103 Å². The van der Waals surface area contributed by atoms with Gasteiger partial charge in [0, 0.05) is 29.0 Å². The summed E-state index contributed by atoms with van der Waals surface area (Å²) in [6.45, 7) is -2.03. The number of phenolic OH excluding ortho intramolecular Hbond substituents is 1. The van der Waals surface area contributed by atoms with Crippen molar-refractivity contribution in [3.63, 3.8) is 0 Å². The number of aromatic hydroxyl groups is 1. The fraction of sp³-hybridized carbons (Fsp3) is 0.162. The van der Waals surface area contributed by atoms with Gasteiger partial charge in [0.25, 0.3) is 46.4 Å². The number of carboxylic acids is 1. The Kier molecular flexibility index (Phi) is 15.0. The number of aliphatic carboxylic acids is 1. The first kappa shape index (κ1) is 51.9. The highest BCUT2D eigenvalue weighted by Crippen LogP contribution is 2.47. The number of aliphatic hydroxyl groups excluding tert-OH is 2. The molecule has 0 spiro atoms. The van der Waals surface area contributed by atoms with Gasteiger partial charge in [0.05, 0.1) is 30.9 Å². The number of carbonyl (C=O) groups is 2. The first-order valence-electron chi connectivity index (χ1n) is 18.8. The molecular weight excluding hydrogens is 1020 g/mol. The second-order valence-electron chi connectivity index (χ2n) is 13.7. The van der Waals surface area contributed by atoms with Gasteiger partial charge in [-0.3, -0.25) is 23.0 Å². The summed E-state index contributed by atoms with van der Waals surface area (Å²) in [4.78, 5) is 21.5. The number of hydrogen-bond acceptors (Lipinski definition) is 23. The quantitative estimate of drug-likeness (QED) is 0.0427. The number of azo groups is 3. The van der Waals surface area contributed by atoms with Gasteiger partial charge in [-0.05, 0) is 54.6 Å². The number of rotatable bonds is 19. The standard InChI is InChI=1S/C37H32N8O21S4/c1-64-19-4-8-23(29(14-19)68(55,56)57)38-40-25-16-28(66-13-11-47)26(17-27(25)65-12-10-46)41-42-31-30(69(58,59)60)15-22-21(34(31)48)7-9-24(35(22)70(61,62)63)39-43-32-33(37(50)51)44-45(36(32)49)18-2-5-20(6-3-18)67(52,53)54/h2-9,14-17,32,46-48H,10-13H2,1H3,(H,50,51)(H,52,53,54)(H,55,56,57)(H,58,59,60)(H,61,62,63)/b40-38+,42-41+,43-39+. The van der Waals surface area contributed by atoms with Gasteiger partial charge >= 0.3 is 5.97 Å². The number of hydrogen-bond donors (Lipinski definition) is 8. The molecule has 1 atom stereocenters. The SMILES string of the molecule is COc1ccc(/N=N/c2cc(OCCO)c(/N=N/c3c(S(=O)(=O)O)cc4c(S(=O)(=O)O)c(/N=N/C5C(=O)N(c6ccc(S(=O)(=O)O)cc6)N=C5C(=O)O)ccc4c3O)cc2OCCO)c(S(=O)(=O)O)c1. The van der Waals surface area contributed by atoms with Crippen molar-refractivity contribution < 1.29 is 96.1 Å².